The smallest absolute Gasteiger partial charge is 0.242 e. The summed E-state index contributed by atoms with van der Waals surface area (Å²) >= 11 is 0. The quantitative estimate of drug-likeness (QED) is 0.851. The standard InChI is InChI=1S/C19H26FN3O2/c20-15-6-3-5-14(11-15)12-16-7-4-10-23(16)13-18(24)22-17-8-1-2-9-21-19(17)25/h3,5-6,11,16-17H,1-2,4,7-10,12-13H2,(H,21,25)(H,22,24). The zero-order chi connectivity index (χ0) is 17.6. The molecule has 0 saturated carbocycles. The fourth-order valence-electron chi connectivity index (χ4n) is 3.77. The summed E-state index contributed by atoms with van der Waals surface area (Å²) in [6.07, 6.45) is 5.39. The monoisotopic (exact) mass is 347 g/mol. The molecule has 0 aromatic heterocycles. The topological polar surface area (TPSA) is 61.4 Å². The molecule has 1 aromatic carbocycles. The Bertz CT molecular complexity index is 622. The van der Waals surface area contributed by atoms with Crippen molar-refractivity contribution in [2.45, 2.75) is 50.6 Å². The Balaban J connectivity index is 1.53. The van der Waals surface area contributed by atoms with Gasteiger partial charge < -0.3 is 10.6 Å². The van der Waals surface area contributed by atoms with E-state index in [2.05, 4.69) is 15.5 Å². The first-order valence-corrected chi connectivity index (χ1v) is 9.17. The van der Waals surface area contributed by atoms with Crippen molar-refractivity contribution in [1.82, 2.24) is 15.5 Å². The molecule has 2 heterocycles. The number of rotatable bonds is 5. The number of carbonyl (C=O) groups is 2. The Morgan fingerprint density at radius 2 is 2.16 bits per heavy atom. The number of hydrogen-bond acceptors (Lipinski definition) is 3. The Labute approximate surface area is 148 Å². The van der Waals surface area contributed by atoms with Crippen LogP contribution in [0.25, 0.3) is 0 Å². The molecule has 5 nitrogen and oxygen atoms in total. The number of nitrogens with one attached hydrogen (secondary N) is 2. The maximum atomic E-state index is 13.4. The summed E-state index contributed by atoms with van der Waals surface area (Å²) in [5, 5.41) is 5.71. The van der Waals surface area contributed by atoms with E-state index in [1.54, 1.807) is 12.1 Å². The van der Waals surface area contributed by atoms with Crippen LogP contribution in [0.5, 0.6) is 0 Å². The molecule has 0 radical (unpaired) electrons. The predicted molar refractivity (Wildman–Crippen MR) is 93.5 cm³/mol. The van der Waals surface area contributed by atoms with Gasteiger partial charge in [-0.15, -0.1) is 0 Å². The third-order valence-electron chi connectivity index (χ3n) is 5.08. The lowest BCUT2D eigenvalue weighted by atomic mass is 10.0. The van der Waals surface area contributed by atoms with E-state index in [0.717, 1.165) is 44.2 Å². The van der Waals surface area contributed by atoms with Gasteiger partial charge in [0, 0.05) is 12.6 Å². The number of hydrogen-bond donors (Lipinski definition) is 2. The molecule has 25 heavy (non-hydrogen) atoms. The van der Waals surface area contributed by atoms with E-state index in [4.69, 9.17) is 0 Å². The van der Waals surface area contributed by atoms with Gasteiger partial charge in [-0.1, -0.05) is 12.1 Å². The van der Waals surface area contributed by atoms with Gasteiger partial charge in [-0.2, -0.15) is 0 Å². The van der Waals surface area contributed by atoms with Gasteiger partial charge in [0.1, 0.15) is 11.9 Å². The molecule has 2 aliphatic rings. The van der Waals surface area contributed by atoms with Gasteiger partial charge >= 0.3 is 0 Å². The number of carbonyl (C=O) groups excluding carboxylic acids is 2. The predicted octanol–water partition coefficient (Wildman–Crippen LogP) is 1.62. The molecule has 2 amide bonds. The minimum Gasteiger partial charge on any atom is -0.354 e. The SMILES string of the molecule is O=C(CN1CCCC1Cc1cccc(F)c1)NC1CCCCNC1=O. The first kappa shape index (κ1) is 17.9. The highest BCUT2D eigenvalue weighted by molar-refractivity contribution is 5.88. The molecule has 2 aliphatic heterocycles. The number of benzene rings is 1. The number of amides is 2. The van der Waals surface area contributed by atoms with Crippen molar-refractivity contribution in [3.63, 3.8) is 0 Å². The minimum atomic E-state index is -0.417. The lowest BCUT2D eigenvalue weighted by Crippen LogP contribution is -2.49. The molecule has 2 atom stereocenters. The van der Waals surface area contributed by atoms with Gasteiger partial charge in [-0.05, 0) is 62.8 Å². The Hall–Kier alpha value is -1.95. The second kappa shape index (κ2) is 8.43. The van der Waals surface area contributed by atoms with Crippen LogP contribution in [0.2, 0.25) is 0 Å². The van der Waals surface area contributed by atoms with E-state index in [-0.39, 0.29) is 23.7 Å². The van der Waals surface area contributed by atoms with E-state index < -0.39 is 6.04 Å². The van der Waals surface area contributed by atoms with E-state index >= 15 is 0 Å². The summed E-state index contributed by atoms with van der Waals surface area (Å²) in [5.74, 6) is -0.407. The van der Waals surface area contributed by atoms with Gasteiger partial charge in [0.2, 0.25) is 11.8 Å². The summed E-state index contributed by atoms with van der Waals surface area (Å²) in [5.41, 5.74) is 0.959. The molecule has 2 saturated heterocycles. The molecular formula is C19H26FN3O2. The highest BCUT2D eigenvalue weighted by atomic mass is 19.1. The van der Waals surface area contributed by atoms with E-state index in [1.165, 1.54) is 6.07 Å². The summed E-state index contributed by atoms with van der Waals surface area (Å²) in [6, 6.07) is 6.49. The summed E-state index contributed by atoms with van der Waals surface area (Å²) in [7, 11) is 0. The van der Waals surface area contributed by atoms with Crippen molar-refractivity contribution in [1.29, 1.82) is 0 Å². The molecule has 0 spiro atoms. The van der Waals surface area contributed by atoms with Gasteiger partial charge in [0.05, 0.1) is 6.54 Å². The minimum absolute atomic E-state index is 0.0800. The second-order valence-electron chi connectivity index (χ2n) is 7.01. The number of nitrogens with zero attached hydrogens (tertiary/aromatic N) is 1. The maximum Gasteiger partial charge on any atom is 0.242 e. The van der Waals surface area contributed by atoms with E-state index in [9.17, 15) is 14.0 Å². The van der Waals surface area contributed by atoms with Crippen molar-refractivity contribution in [2.24, 2.45) is 0 Å². The average Bonchev–Trinajstić information content (AvgIpc) is 2.89. The Morgan fingerprint density at radius 3 is 3.00 bits per heavy atom. The lowest BCUT2D eigenvalue weighted by molar-refractivity contribution is -0.129. The highest BCUT2D eigenvalue weighted by Gasteiger charge is 2.28. The summed E-state index contributed by atoms with van der Waals surface area (Å²) < 4.78 is 13.4. The average molecular weight is 347 g/mol. The molecular weight excluding hydrogens is 321 g/mol. The van der Waals surface area contributed by atoms with Crippen molar-refractivity contribution < 1.29 is 14.0 Å². The molecule has 1 aromatic rings. The summed E-state index contributed by atoms with van der Waals surface area (Å²) in [6.45, 7) is 1.85. The van der Waals surface area contributed by atoms with Crippen molar-refractivity contribution in [2.75, 3.05) is 19.6 Å². The second-order valence-corrected chi connectivity index (χ2v) is 7.01. The van der Waals surface area contributed by atoms with Crippen LogP contribution in [-0.2, 0) is 16.0 Å². The third kappa shape index (κ3) is 5.01. The normalized spacial score (nSPS) is 24.6. The van der Waals surface area contributed by atoms with Crippen LogP contribution in [0.15, 0.2) is 24.3 Å². The van der Waals surface area contributed by atoms with Crippen LogP contribution in [0, 0.1) is 5.82 Å². The van der Waals surface area contributed by atoms with Crippen molar-refractivity contribution in [3.8, 4) is 0 Å². The molecule has 2 unspecified atom stereocenters. The largest absolute Gasteiger partial charge is 0.354 e. The van der Waals surface area contributed by atoms with Gasteiger partial charge in [-0.25, -0.2) is 4.39 Å². The Morgan fingerprint density at radius 1 is 1.28 bits per heavy atom. The van der Waals surface area contributed by atoms with Crippen molar-refractivity contribution >= 4 is 11.8 Å². The van der Waals surface area contributed by atoms with Crippen LogP contribution >= 0.6 is 0 Å². The van der Waals surface area contributed by atoms with Crippen LogP contribution < -0.4 is 10.6 Å². The zero-order valence-corrected chi connectivity index (χ0v) is 14.5. The summed E-state index contributed by atoms with van der Waals surface area (Å²) in [4.78, 5) is 26.5. The zero-order valence-electron chi connectivity index (χ0n) is 14.5. The van der Waals surface area contributed by atoms with Crippen LogP contribution in [0.4, 0.5) is 4.39 Å². The molecule has 136 valence electrons. The third-order valence-corrected chi connectivity index (χ3v) is 5.08. The molecule has 6 heteroatoms. The number of likely N-dealkylation sites (tertiary alicyclic amines) is 1. The van der Waals surface area contributed by atoms with Gasteiger partial charge in [-0.3, -0.25) is 14.5 Å². The molecule has 0 aliphatic carbocycles. The van der Waals surface area contributed by atoms with E-state index in [0.29, 0.717) is 19.5 Å². The van der Waals surface area contributed by atoms with E-state index in [1.807, 2.05) is 6.07 Å². The molecule has 3 rings (SSSR count). The lowest BCUT2D eigenvalue weighted by Gasteiger charge is -2.25. The maximum absolute atomic E-state index is 13.4. The first-order chi connectivity index (χ1) is 12.1. The highest BCUT2D eigenvalue weighted by Crippen LogP contribution is 2.21. The molecule has 2 fully saturated rings. The van der Waals surface area contributed by atoms with Gasteiger partial charge in [0.15, 0.2) is 0 Å². The fourth-order valence-corrected chi connectivity index (χ4v) is 3.77. The van der Waals surface area contributed by atoms with Crippen LogP contribution in [-0.4, -0.2) is 48.4 Å². The van der Waals surface area contributed by atoms with Crippen LogP contribution in [0.3, 0.4) is 0 Å². The fraction of sp³-hybridized carbons (Fsp3) is 0.579. The molecule has 2 N–H and O–H groups in total. The van der Waals surface area contributed by atoms with Crippen LogP contribution in [0.1, 0.15) is 37.7 Å². The first-order valence-electron chi connectivity index (χ1n) is 9.17. The van der Waals surface area contributed by atoms with Crippen molar-refractivity contribution in [3.05, 3.63) is 35.6 Å². The Kier molecular flexibility index (Phi) is 6.02. The molecule has 0 bridgehead atoms. The number of halogens is 1. The van der Waals surface area contributed by atoms with Gasteiger partial charge in [0.25, 0.3) is 0 Å².